The van der Waals surface area contributed by atoms with Gasteiger partial charge in [0.05, 0.1) is 13.2 Å². The number of rotatable bonds is 4. The number of hydrogen-bond acceptors (Lipinski definition) is 4. The second-order valence-electron chi connectivity index (χ2n) is 5.30. The molecule has 1 aliphatic rings. The SMILES string of the molecule is Cn1ccnc1C(O)(CCNC(=O)N1CCOCC1)C(F)(F)F. The van der Waals surface area contributed by atoms with Crippen LogP contribution in [0.15, 0.2) is 12.4 Å². The van der Waals surface area contributed by atoms with E-state index < -0.39 is 30.1 Å². The van der Waals surface area contributed by atoms with Crippen LogP contribution in [-0.2, 0) is 17.4 Å². The zero-order chi connectivity index (χ0) is 17.1. The maximum Gasteiger partial charge on any atom is 0.424 e. The fourth-order valence-corrected chi connectivity index (χ4v) is 2.37. The first-order chi connectivity index (χ1) is 10.8. The topological polar surface area (TPSA) is 79.6 Å². The molecule has 2 amide bonds. The molecule has 7 nitrogen and oxygen atoms in total. The number of nitrogens with zero attached hydrogens (tertiary/aromatic N) is 3. The van der Waals surface area contributed by atoms with Crippen LogP contribution in [0.3, 0.4) is 0 Å². The molecule has 1 unspecified atom stereocenters. The Hall–Kier alpha value is -1.81. The zero-order valence-corrected chi connectivity index (χ0v) is 12.6. The number of ether oxygens (including phenoxy) is 1. The third kappa shape index (κ3) is 3.75. The maximum absolute atomic E-state index is 13.3. The lowest BCUT2D eigenvalue weighted by atomic mass is 9.97. The van der Waals surface area contributed by atoms with Crippen LogP contribution in [0.1, 0.15) is 12.2 Å². The lowest BCUT2D eigenvalue weighted by Gasteiger charge is -2.31. The van der Waals surface area contributed by atoms with Crippen molar-refractivity contribution in [3.63, 3.8) is 0 Å². The van der Waals surface area contributed by atoms with Crippen molar-refractivity contribution in [2.45, 2.75) is 18.2 Å². The van der Waals surface area contributed by atoms with E-state index in [1.807, 2.05) is 0 Å². The molecule has 1 fully saturated rings. The van der Waals surface area contributed by atoms with Crippen molar-refractivity contribution in [1.82, 2.24) is 19.8 Å². The summed E-state index contributed by atoms with van der Waals surface area (Å²) in [5.74, 6) is -0.509. The van der Waals surface area contributed by atoms with Crippen molar-refractivity contribution < 1.29 is 27.8 Å². The maximum atomic E-state index is 13.3. The first-order valence-corrected chi connectivity index (χ1v) is 7.13. The lowest BCUT2D eigenvalue weighted by molar-refractivity contribution is -0.272. The highest BCUT2D eigenvalue weighted by Gasteiger charge is 2.57. The number of alkyl halides is 3. The summed E-state index contributed by atoms with van der Waals surface area (Å²) in [7, 11) is 1.37. The number of carbonyl (C=O) groups excluding carboxylic acids is 1. The van der Waals surface area contributed by atoms with E-state index in [2.05, 4.69) is 10.3 Å². The zero-order valence-electron chi connectivity index (χ0n) is 12.6. The summed E-state index contributed by atoms with van der Waals surface area (Å²) < 4.78 is 46.1. The number of urea groups is 1. The number of carbonyl (C=O) groups is 1. The van der Waals surface area contributed by atoms with Gasteiger partial charge in [0, 0.05) is 45.5 Å². The quantitative estimate of drug-likeness (QED) is 0.844. The molecule has 2 heterocycles. The van der Waals surface area contributed by atoms with Crippen LogP contribution in [0.5, 0.6) is 0 Å². The van der Waals surface area contributed by atoms with E-state index in [-0.39, 0.29) is 6.54 Å². The van der Waals surface area contributed by atoms with Crippen molar-refractivity contribution in [1.29, 1.82) is 0 Å². The molecule has 23 heavy (non-hydrogen) atoms. The molecule has 0 bridgehead atoms. The minimum Gasteiger partial charge on any atom is -0.378 e. The van der Waals surface area contributed by atoms with Gasteiger partial charge in [0.1, 0.15) is 5.82 Å². The van der Waals surface area contributed by atoms with Crippen molar-refractivity contribution in [3.05, 3.63) is 18.2 Å². The Morgan fingerprint density at radius 3 is 2.61 bits per heavy atom. The molecule has 0 saturated carbocycles. The molecule has 0 aromatic carbocycles. The van der Waals surface area contributed by atoms with Gasteiger partial charge in [-0.3, -0.25) is 0 Å². The second-order valence-corrected chi connectivity index (χ2v) is 5.30. The van der Waals surface area contributed by atoms with Crippen molar-refractivity contribution >= 4 is 6.03 Å². The second kappa shape index (κ2) is 6.75. The summed E-state index contributed by atoms with van der Waals surface area (Å²) >= 11 is 0. The molecule has 0 aliphatic carbocycles. The molecule has 2 rings (SSSR count). The predicted molar refractivity (Wildman–Crippen MR) is 73.6 cm³/mol. The number of halogens is 3. The van der Waals surface area contributed by atoms with E-state index in [0.717, 1.165) is 4.57 Å². The highest BCUT2D eigenvalue weighted by Crippen LogP contribution is 2.40. The molecule has 10 heteroatoms. The number of amides is 2. The van der Waals surface area contributed by atoms with Crippen molar-refractivity contribution in [3.8, 4) is 0 Å². The number of aryl methyl sites for hydroxylation is 1. The van der Waals surface area contributed by atoms with Gasteiger partial charge in [-0.25, -0.2) is 9.78 Å². The Morgan fingerprint density at radius 1 is 1.43 bits per heavy atom. The van der Waals surface area contributed by atoms with Gasteiger partial charge in [0.15, 0.2) is 0 Å². The monoisotopic (exact) mass is 336 g/mol. The predicted octanol–water partition coefficient (Wildman–Crippen LogP) is 0.602. The molecule has 1 aliphatic heterocycles. The first-order valence-electron chi connectivity index (χ1n) is 7.13. The lowest BCUT2D eigenvalue weighted by Crippen LogP contribution is -2.49. The number of aromatic nitrogens is 2. The minimum absolute atomic E-state index is 0.334. The fourth-order valence-electron chi connectivity index (χ4n) is 2.37. The van der Waals surface area contributed by atoms with Gasteiger partial charge in [0.2, 0.25) is 5.60 Å². The smallest absolute Gasteiger partial charge is 0.378 e. The van der Waals surface area contributed by atoms with Gasteiger partial charge in [-0.2, -0.15) is 13.2 Å². The molecule has 1 aromatic heterocycles. The third-order valence-corrected chi connectivity index (χ3v) is 3.72. The van der Waals surface area contributed by atoms with E-state index in [0.29, 0.717) is 26.3 Å². The highest BCUT2D eigenvalue weighted by atomic mass is 19.4. The highest BCUT2D eigenvalue weighted by molar-refractivity contribution is 5.74. The number of nitrogens with one attached hydrogen (secondary N) is 1. The van der Waals surface area contributed by atoms with Crippen LogP contribution in [0.2, 0.25) is 0 Å². The third-order valence-electron chi connectivity index (χ3n) is 3.72. The van der Waals surface area contributed by atoms with Crippen molar-refractivity contribution in [2.24, 2.45) is 7.05 Å². The normalized spacial score (nSPS) is 18.6. The number of aliphatic hydroxyl groups is 1. The Morgan fingerprint density at radius 2 is 2.09 bits per heavy atom. The molecule has 0 spiro atoms. The summed E-state index contributed by atoms with van der Waals surface area (Å²) in [6.45, 7) is 1.23. The van der Waals surface area contributed by atoms with Gasteiger partial charge >= 0.3 is 12.2 Å². The number of imidazole rings is 1. The standard InChI is InChI=1S/C13H19F3N4O3/c1-19-5-4-17-10(19)12(22,13(14,15)16)2-3-18-11(21)20-6-8-23-9-7-20/h4-5,22H,2-3,6-9H2,1H3,(H,18,21). The molecular formula is C13H19F3N4O3. The molecule has 2 N–H and O–H groups in total. The number of hydrogen-bond donors (Lipinski definition) is 2. The molecule has 0 radical (unpaired) electrons. The van der Waals surface area contributed by atoms with Crippen LogP contribution < -0.4 is 5.32 Å². The van der Waals surface area contributed by atoms with Crippen LogP contribution in [0.4, 0.5) is 18.0 Å². The average Bonchev–Trinajstić information content (AvgIpc) is 2.93. The molecular weight excluding hydrogens is 317 g/mol. The summed E-state index contributed by atoms with van der Waals surface area (Å²) in [5, 5.41) is 12.5. The van der Waals surface area contributed by atoms with Crippen molar-refractivity contribution in [2.75, 3.05) is 32.8 Å². The summed E-state index contributed by atoms with van der Waals surface area (Å²) in [6, 6.07) is -0.474. The molecule has 1 saturated heterocycles. The first kappa shape index (κ1) is 17.5. The van der Waals surface area contributed by atoms with Crippen LogP contribution in [-0.4, -0.2) is 64.6 Å². The van der Waals surface area contributed by atoms with E-state index >= 15 is 0 Å². The number of morpholine rings is 1. The van der Waals surface area contributed by atoms with Crippen LogP contribution >= 0.6 is 0 Å². The Bertz CT molecular complexity index is 543. The Balaban J connectivity index is 2.00. The van der Waals surface area contributed by atoms with E-state index in [1.165, 1.54) is 24.3 Å². The minimum atomic E-state index is -4.91. The summed E-state index contributed by atoms with van der Waals surface area (Å²) in [5.41, 5.74) is -3.12. The van der Waals surface area contributed by atoms with Gasteiger partial charge in [0.25, 0.3) is 0 Å². The summed E-state index contributed by atoms with van der Waals surface area (Å²) in [4.78, 5) is 16.9. The largest absolute Gasteiger partial charge is 0.424 e. The average molecular weight is 336 g/mol. The Kier molecular flexibility index (Phi) is 5.15. The van der Waals surface area contributed by atoms with E-state index in [1.54, 1.807) is 0 Å². The molecule has 1 atom stereocenters. The van der Waals surface area contributed by atoms with Gasteiger partial charge in [-0.15, -0.1) is 0 Å². The van der Waals surface area contributed by atoms with Gasteiger partial charge in [-0.1, -0.05) is 0 Å². The van der Waals surface area contributed by atoms with Crippen LogP contribution in [0, 0.1) is 0 Å². The summed E-state index contributed by atoms with van der Waals surface area (Å²) in [6.07, 6.45) is -3.13. The molecule has 1 aromatic rings. The van der Waals surface area contributed by atoms with E-state index in [9.17, 15) is 23.1 Å². The van der Waals surface area contributed by atoms with E-state index in [4.69, 9.17) is 4.74 Å². The Labute approximate surface area is 131 Å². The fraction of sp³-hybridized carbons (Fsp3) is 0.692. The molecule has 130 valence electrons. The van der Waals surface area contributed by atoms with Crippen LogP contribution in [0.25, 0.3) is 0 Å². The van der Waals surface area contributed by atoms with Gasteiger partial charge in [-0.05, 0) is 0 Å². The van der Waals surface area contributed by atoms with Gasteiger partial charge < -0.3 is 24.6 Å².